The first-order valence-corrected chi connectivity index (χ1v) is 5.64. The molecule has 0 aromatic heterocycles. The standard InChI is InChI=1S/C8H9ClN2S2/c1-5-4-6(12)2-3-7(5)8(11-10)13-9/h2-4,12H,10H2,1H3/b11-8+. The van der Waals surface area contributed by atoms with Gasteiger partial charge in [0.2, 0.25) is 0 Å². The van der Waals surface area contributed by atoms with Crippen LogP contribution in [0.5, 0.6) is 0 Å². The summed E-state index contributed by atoms with van der Waals surface area (Å²) >= 11 is 4.22. The molecule has 0 aliphatic heterocycles. The molecule has 0 amide bonds. The van der Waals surface area contributed by atoms with Crippen LogP contribution in [-0.2, 0) is 0 Å². The second kappa shape index (κ2) is 4.79. The van der Waals surface area contributed by atoms with Crippen LogP contribution in [0.4, 0.5) is 0 Å². The van der Waals surface area contributed by atoms with Crippen molar-refractivity contribution in [1.82, 2.24) is 0 Å². The lowest BCUT2D eigenvalue weighted by Gasteiger charge is -2.05. The number of halogens is 1. The van der Waals surface area contributed by atoms with Crippen molar-refractivity contribution in [3.8, 4) is 0 Å². The molecular weight excluding hydrogens is 224 g/mol. The van der Waals surface area contributed by atoms with Crippen LogP contribution in [0, 0.1) is 6.92 Å². The Balaban J connectivity index is 3.15. The fourth-order valence-electron chi connectivity index (χ4n) is 1.02. The Labute approximate surface area is 91.5 Å². The first-order valence-electron chi connectivity index (χ1n) is 3.55. The quantitative estimate of drug-likeness (QED) is 0.257. The molecule has 0 fully saturated rings. The third-order valence-electron chi connectivity index (χ3n) is 1.63. The largest absolute Gasteiger partial charge is 0.322 e. The van der Waals surface area contributed by atoms with Gasteiger partial charge in [0.1, 0.15) is 5.04 Å². The Hall–Kier alpha value is -0.320. The Morgan fingerprint density at radius 1 is 1.62 bits per heavy atom. The van der Waals surface area contributed by atoms with Gasteiger partial charge in [-0.1, -0.05) is 6.07 Å². The highest BCUT2D eigenvalue weighted by Crippen LogP contribution is 2.21. The van der Waals surface area contributed by atoms with Crippen molar-refractivity contribution in [3.05, 3.63) is 29.3 Å². The minimum atomic E-state index is 0.618. The van der Waals surface area contributed by atoms with Crippen LogP contribution in [0.2, 0.25) is 0 Å². The molecule has 5 heteroatoms. The van der Waals surface area contributed by atoms with Gasteiger partial charge in [0, 0.05) is 21.4 Å². The smallest absolute Gasteiger partial charge is 0.139 e. The number of hydrogen-bond acceptors (Lipinski definition) is 4. The molecule has 0 saturated carbocycles. The number of benzene rings is 1. The normalized spacial score (nSPS) is 11.8. The molecular formula is C8H9ClN2S2. The van der Waals surface area contributed by atoms with E-state index in [-0.39, 0.29) is 0 Å². The Bertz CT molecular complexity index is 339. The molecule has 2 nitrogen and oxygen atoms in total. The van der Waals surface area contributed by atoms with Crippen molar-refractivity contribution < 1.29 is 0 Å². The monoisotopic (exact) mass is 232 g/mol. The zero-order valence-corrected chi connectivity index (χ0v) is 9.46. The van der Waals surface area contributed by atoms with Gasteiger partial charge in [-0.3, -0.25) is 0 Å². The molecule has 0 atom stereocenters. The van der Waals surface area contributed by atoms with E-state index >= 15 is 0 Å². The van der Waals surface area contributed by atoms with Crippen LogP contribution in [0.15, 0.2) is 28.2 Å². The maximum atomic E-state index is 5.60. The van der Waals surface area contributed by atoms with Gasteiger partial charge in [-0.05, 0) is 35.3 Å². The lowest BCUT2D eigenvalue weighted by atomic mass is 10.1. The zero-order valence-electron chi connectivity index (χ0n) is 6.99. The number of aryl methyl sites for hydroxylation is 1. The van der Waals surface area contributed by atoms with Gasteiger partial charge in [-0.25, -0.2) is 0 Å². The molecule has 0 saturated heterocycles. The highest BCUT2D eigenvalue weighted by molar-refractivity contribution is 8.33. The predicted octanol–water partition coefficient (Wildman–Crippen LogP) is 2.79. The van der Waals surface area contributed by atoms with E-state index in [0.29, 0.717) is 5.04 Å². The van der Waals surface area contributed by atoms with Crippen LogP contribution in [0.25, 0.3) is 0 Å². The fourth-order valence-corrected chi connectivity index (χ4v) is 2.01. The summed E-state index contributed by atoms with van der Waals surface area (Å²) in [6, 6.07) is 5.72. The summed E-state index contributed by atoms with van der Waals surface area (Å²) in [5, 5.41) is 4.21. The summed E-state index contributed by atoms with van der Waals surface area (Å²) < 4.78 is 0. The van der Waals surface area contributed by atoms with Crippen LogP contribution in [0.1, 0.15) is 11.1 Å². The van der Waals surface area contributed by atoms with Crippen LogP contribution >= 0.6 is 34.3 Å². The van der Waals surface area contributed by atoms with Crippen molar-refractivity contribution >= 4 is 39.3 Å². The van der Waals surface area contributed by atoms with E-state index in [1.54, 1.807) is 0 Å². The SMILES string of the molecule is Cc1cc(S)ccc1/C(=N\N)SCl. The minimum Gasteiger partial charge on any atom is -0.322 e. The number of hydrogen-bond donors (Lipinski definition) is 2. The average molecular weight is 233 g/mol. The third kappa shape index (κ3) is 2.56. The van der Waals surface area contributed by atoms with Crippen molar-refractivity contribution in [2.45, 2.75) is 11.8 Å². The number of rotatable bonds is 1. The van der Waals surface area contributed by atoms with E-state index in [2.05, 4.69) is 17.7 Å². The molecule has 13 heavy (non-hydrogen) atoms. The van der Waals surface area contributed by atoms with Crippen LogP contribution in [0.3, 0.4) is 0 Å². The van der Waals surface area contributed by atoms with E-state index in [0.717, 1.165) is 27.0 Å². The van der Waals surface area contributed by atoms with Crippen molar-refractivity contribution in [3.63, 3.8) is 0 Å². The molecule has 0 unspecified atom stereocenters. The molecule has 0 aliphatic rings. The lowest BCUT2D eigenvalue weighted by molar-refractivity contribution is 1.25. The minimum absolute atomic E-state index is 0.618. The molecule has 70 valence electrons. The molecule has 1 aromatic carbocycles. The van der Waals surface area contributed by atoms with Gasteiger partial charge >= 0.3 is 0 Å². The second-order valence-corrected chi connectivity index (χ2v) is 4.03. The molecule has 0 radical (unpaired) electrons. The van der Waals surface area contributed by atoms with Gasteiger partial charge in [0.05, 0.1) is 0 Å². The van der Waals surface area contributed by atoms with Gasteiger partial charge in [-0.15, -0.1) is 12.6 Å². The van der Waals surface area contributed by atoms with E-state index in [1.807, 2.05) is 25.1 Å². The summed E-state index contributed by atoms with van der Waals surface area (Å²) in [6.07, 6.45) is 0. The molecule has 2 N–H and O–H groups in total. The molecule has 0 heterocycles. The predicted molar refractivity (Wildman–Crippen MR) is 62.6 cm³/mol. The third-order valence-corrected chi connectivity index (χ3v) is 2.82. The summed E-state index contributed by atoms with van der Waals surface area (Å²) in [4.78, 5) is 0.914. The van der Waals surface area contributed by atoms with E-state index in [4.69, 9.17) is 16.5 Å². The van der Waals surface area contributed by atoms with Gasteiger partial charge in [0.15, 0.2) is 0 Å². The summed E-state index contributed by atoms with van der Waals surface area (Å²) in [5.41, 5.74) is 2.00. The Morgan fingerprint density at radius 2 is 2.31 bits per heavy atom. The maximum Gasteiger partial charge on any atom is 0.139 e. The van der Waals surface area contributed by atoms with Crippen LogP contribution < -0.4 is 5.84 Å². The summed E-state index contributed by atoms with van der Waals surface area (Å²) in [5.74, 6) is 5.19. The maximum absolute atomic E-state index is 5.60. The number of nitrogens with two attached hydrogens (primary N) is 1. The van der Waals surface area contributed by atoms with Gasteiger partial charge in [-0.2, -0.15) is 5.10 Å². The van der Waals surface area contributed by atoms with E-state index < -0.39 is 0 Å². The van der Waals surface area contributed by atoms with Crippen molar-refractivity contribution in [2.75, 3.05) is 0 Å². The Kier molecular flexibility index (Phi) is 3.96. The molecule has 0 aliphatic carbocycles. The van der Waals surface area contributed by atoms with E-state index in [1.165, 1.54) is 0 Å². The lowest BCUT2D eigenvalue weighted by Crippen LogP contribution is -2.00. The molecule has 1 rings (SSSR count). The molecule has 1 aromatic rings. The van der Waals surface area contributed by atoms with Gasteiger partial charge in [0.25, 0.3) is 0 Å². The van der Waals surface area contributed by atoms with Crippen molar-refractivity contribution in [1.29, 1.82) is 0 Å². The van der Waals surface area contributed by atoms with E-state index in [9.17, 15) is 0 Å². The Morgan fingerprint density at radius 3 is 2.77 bits per heavy atom. The highest BCUT2D eigenvalue weighted by atomic mass is 35.7. The highest BCUT2D eigenvalue weighted by Gasteiger charge is 2.06. The number of thiol groups is 1. The average Bonchev–Trinajstić information content (AvgIpc) is 2.10. The number of hydrazone groups is 1. The molecule has 0 spiro atoms. The summed E-state index contributed by atoms with van der Waals surface area (Å²) in [6.45, 7) is 1.97. The van der Waals surface area contributed by atoms with Gasteiger partial charge < -0.3 is 5.84 Å². The first-order chi connectivity index (χ1) is 6.19. The van der Waals surface area contributed by atoms with Crippen molar-refractivity contribution in [2.24, 2.45) is 10.9 Å². The summed E-state index contributed by atoms with van der Waals surface area (Å²) in [7, 11) is 6.62. The molecule has 0 bridgehead atoms. The second-order valence-electron chi connectivity index (χ2n) is 2.51. The zero-order chi connectivity index (χ0) is 9.84. The topological polar surface area (TPSA) is 38.4 Å². The van der Waals surface area contributed by atoms with Crippen LogP contribution in [-0.4, -0.2) is 5.04 Å². The number of nitrogens with zero attached hydrogens (tertiary/aromatic N) is 1. The first kappa shape index (κ1) is 10.8. The fraction of sp³-hybridized carbons (Fsp3) is 0.125.